The number of rotatable bonds is 4. The Balaban J connectivity index is 1.57. The maximum Gasteiger partial charge on any atom is 0.272 e. The van der Waals surface area contributed by atoms with Gasteiger partial charge in [-0.1, -0.05) is 41.9 Å². The monoisotopic (exact) mass is 483 g/mol. The van der Waals surface area contributed by atoms with Crippen LogP contribution in [0.2, 0.25) is 5.02 Å². The number of amides is 1. The average Bonchev–Trinajstić information content (AvgIpc) is 2.90. The van der Waals surface area contributed by atoms with Gasteiger partial charge < -0.3 is 20.4 Å². The fourth-order valence-electron chi connectivity index (χ4n) is 4.38. The molecule has 174 valence electrons. The Morgan fingerprint density at radius 1 is 1.12 bits per heavy atom. The Labute approximate surface area is 206 Å². The van der Waals surface area contributed by atoms with Crippen molar-refractivity contribution < 1.29 is 4.79 Å². The van der Waals surface area contributed by atoms with E-state index in [9.17, 15) is 4.79 Å². The number of hydrogen-bond acceptors (Lipinski definition) is 4. The molecular weight excluding hydrogens is 454 g/mol. The molecule has 8 heteroatoms. The van der Waals surface area contributed by atoms with E-state index in [1.165, 1.54) is 0 Å². The lowest BCUT2D eigenvalue weighted by molar-refractivity contribution is -0.119. The highest BCUT2D eigenvalue weighted by atomic mass is 35.5. The molecule has 0 spiro atoms. The number of likely N-dealkylation sites (N-methyl/N-ethyl adjacent to an activating group) is 1. The van der Waals surface area contributed by atoms with E-state index in [0.717, 1.165) is 42.7 Å². The van der Waals surface area contributed by atoms with Crippen LogP contribution in [-0.4, -0.2) is 60.0 Å². The molecule has 4 rings (SSSR count). The van der Waals surface area contributed by atoms with Gasteiger partial charge in [-0.3, -0.25) is 4.79 Å². The Morgan fingerprint density at radius 2 is 1.82 bits per heavy atom. The van der Waals surface area contributed by atoms with Crippen molar-refractivity contribution in [1.29, 1.82) is 0 Å². The van der Waals surface area contributed by atoms with Gasteiger partial charge in [-0.2, -0.15) is 0 Å². The van der Waals surface area contributed by atoms with E-state index in [2.05, 4.69) is 29.4 Å². The molecular formula is C25H30ClN5OS. The molecule has 1 fully saturated rings. The molecule has 0 aliphatic carbocycles. The quantitative estimate of drug-likeness (QED) is 0.647. The van der Waals surface area contributed by atoms with Gasteiger partial charge in [-0.25, -0.2) is 4.99 Å². The van der Waals surface area contributed by atoms with Crippen LogP contribution in [0, 0.1) is 0 Å². The second-order valence-electron chi connectivity index (χ2n) is 8.83. The Bertz CT molecular complexity index is 1050. The van der Waals surface area contributed by atoms with Crippen LogP contribution < -0.4 is 15.5 Å². The normalized spacial score (nSPS) is 19.7. The highest BCUT2D eigenvalue weighted by Crippen LogP contribution is 2.29. The lowest BCUT2D eigenvalue weighted by Crippen LogP contribution is -2.53. The molecule has 0 radical (unpaired) electrons. The maximum absolute atomic E-state index is 13.3. The van der Waals surface area contributed by atoms with Crippen LogP contribution in [0.5, 0.6) is 0 Å². The summed E-state index contributed by atoms with van der Waals surface area (Å²) in [7, 11) is 1.76. The van der Waals surface area contributed by atoms with Crippen molar-refractivity contribution in [3.63, 3.8) is 0 Å². The van der Waals surface area contributed by atoms with E-state index in [0.29, 0.717) is 21.9 Å². The number of thiocarbonyl (C=S) groups is 1. The summed E-state index contributed by atoms with van der Waals surface area (Å²) in [6.07, 6.45) is 1.19. The van der Waals surface area contributed by atoms with Crippen molar-refractivity contribution >= 4 is 46.2 Å². The summed E-state index contributed by atoms with van der Waals surface area (Å²) in [5.74, 6) is -0.178. The fraction of sp³-hybridized carbons (Fsp3) is 0.400. The van der Waals surface area contributed by atoms with Gasteiger partial charge in [0.15, 0.2) is 5.11 Å². The number of nitrogens with zero attached hydrogens (tertiary/aromatic N) is 3. The number of carbonyl (C=O) groups is 1. The van der Waals surface area contributed by atoms with Crippen molar-refractivity contribution in [2.45, 2.75) is 44.9 Å². The largest absolute Gasteiger partial charge is 0.360 e. The van der Waals surface area contributed by atoms with E-state index < -0.39 is 6.17 Å². The number of anilines is 1. The first-order valence-corrected chi connectivity index (χ1v) is 12.1. The minimum atomic E-state index is -0.841. The molecule has 0 bridgehead atoms. The summed E-state index contributed by atoms with van der Waals surface area (Å²) >= 11 is 11.9. The summed E-state index contributed by atoms with van der Waals surface area (Å²) in [4.78, 5) is 22.3. The van der Waals surface area contributed by atoms with E-state index in [1.54, 1.807) is 18.0 Å². The number of carbonyl (C=O) groups excluding carboxylic acids is 1. The minimum absolute atomic E-state index is 0.178. The number of benzene rings is 2. The second-order valence-corrected chi connectivity index (χ2v) is 9.67. The van der Waals surface area contributed by atoms with E-state index in [-0.39, 0.29) is 11.9 Å². The highest BCUT2D eigenvalue weighted by Gasteiger charge is 2.31. The van der Waals surface area contributed by atoms with Crippen molar-refractivity contribution in [3.05, 3.63) is 64.7 Å². The number of aliphatic imine (C=N–C) groups is 1. The molecule has 0 aromatic heterocycles. The van der Waals surface area contributed by atoms with Gasteiger partial charge in [0.25, 0.3) is 5.91 Å². The number of fused-ring (bicyclic) bond motifs is 1. The van der Waals surface area contributed by atoms with Crippen molar-refractivity contribution in [3.8, 4) is 0 Å². The zero-order chi connectivity index (χ0) is 23.5. The third-order valence-corrected chi connectivity index (χ3v) is 6.78. The molecule has 1 saturated heterocycles. The molecule has 1 amide bonds. The Kier molecular flexibility index (Phi) is 7.32. The lowest BCUT2D eigenvalue weighted by Gasteiger charge is -2.35. The van der Waals surface area contributed by atoms with Crippen LogP contribution in [0.4, 0.5) is 5.69 Å². The minimum Gasteiger partial charge on any atom is -0.360 e. The van der Waals surface area contributed by atoms with Crippen molar-refractivity contribution in [2.75, 3.05) is 25.0 Å². The van der Waals surface area contributed by atoms with Gasteiger partial charge in [0, 0.05) is 48.4 Å². The lowest BCUT2D eigenvalue weighted by atomic mass is 10.0. The molecule has 6 nitrogen and oxygen atoms in total. The number of hydrogen-bond donors (Lipinski definition) is 2. The molecule has 2 aromatic carbocycles. The molecule has 1 unspecified atom stereocenters. The zero-order valence-corrected chi connectivity index (χ0v) is 20.8. The second kappa shape index (κ2) is 10.2. The Hall–Kier alpha value is -2.48. The van der Waals surface area contributed by atoms with Crippen LogP contribution >= 0.6 is 23.8 Å². The molecule has 1 atom stereocenters. The van der Waals surface area contributed by atoms with Gasteiger partial charge >= 0.3 is 0 Å². The molecule has 2 aliphatic rings. The zero-order valence-electron chi connectivity index (χ0n) is 19.2. The topological polar surface area (TPSA) is 60.0 Å². The predicted octanol–water partition coefficient (Wildman–Crippen LogP) is 3.82. The van der Waals surface area contributed by atoms with Gasteiger partial charge in [-0.15, -0.1) is 0 Å². The number of likely N-dealkylation sites (tertiary alicyclic amines) is 1. The van der Waals surface area contributed by atoms with Crippen LogP contribution in [0.25, 0.3) is 0 Å². The van der Waals surface area contributed by atoms with Crippen LogP contribution in [0.15, 0.2) is 53.5 Å². The SMILES string of the molecule is CC(C)N1CCC(NC(=S)NC2N=C(c3ccccc3)c3cc(Cl)ccc3N(C)C2=O)CC1. The van der Waals surface area contributed by atoms with Crippen LogP contribution in [0.1, 0.15) is 37.8 Å². The fourth-order valence-corrected chi connectivity index (χ4v) is 4.83. The number of halogens is 1. The predicted molar refractivity (Wildman–Crippen MR) is 139 cm³/mol. The first-order valence-electron chi connectivity index (χ1n) is 11.4. The van der Waals surface area contributed by atoms with Crippen molar-refractivity contribution in [2.24, 2.45) is 4.99 Å². The molecule has 33 heavy (non-hydrogen) atoms. The summed E-state index contributed by atoms with van der Waals surface area (Å²) in [6, 6.07) is 16.2. The summed E-state index contributed by atoms with van der Waals surface area (Å²) in [5, 5.41) is 7.60. The third kappa shape index (κ3) is 5.37. The van der Waals surface area contributed by atoms with E-state index in [1.807, 2.05) is 42.5 Å². The van der Waals surface area contributed by atoms with Gasteiger partial charge in [0.05, 0.1) is 11.4 Å². The standard InChI is InChI=1S/C25H30ClN5OS/c1-16(2)31-13-11-19(12-14-31)27-25(33)29-23-24(32)30(3)21-10-9-18(26)15-20(21)22(28-23)17-7-5-4-6-8-17/h4-10,15-16,19,23H,11-14H2,1-3H3,(H2,27,29,33). The number of piperidine rings is 1. The van der Waals surface area contributed by atoms with E-state index in [4.69, 9.17) is 28.8 Å². The van der Waals surface area contributed by atoms with E-state index >= 15 is 0 Å². The van der Waals surface area contributed by atoms with Gasteiger partial charge in [0.1, 0.15) is 0 Å². The molecule has 0 saturated carbocycles. The molecule has 2 aliphatic heterocycles. The van der Waals surface area contributed by atoms with Gasteiger partial charge in [0.2, 0.25) is 6.17 Å². The summed E-state index contributed by atoms with van der Waals surface area (Å²) in [6.45, 7) is 6.52. The third-order valence-electron chi connectivity index (χ3n) is 6.31. The molecule has 2 N–H and O–H groups in total. The van der Waals surface area contributed by atoms with Crippen LogP contribution in [0.3, 0.4) is 0 Å². The smallest absolute Gasteiger partial charge is 0.272 e. The first-order chi connectivity index (χ1) is 15.8. The average molecular weight is 484 g/mol. The first kappa shape index (κ1) is 23.7. The maximum atomic E-state index is 13.3. The Morgan fingerprint density at radius 3 is 2.48 bits per heavy atom. The summed E-state index contributed by atoms with van der Waals surface area (Å²) < 4.78 is 0. The number of nitrogens with one attached hydrogen (secondary N) is 2. The van der Waals surface area contributed by atoms with Crippen LogP contribution in [-0.2, 0) is 4.79 Å². The van der Waals surface area contributed by atoms with Crippen molar-refractivity contribution in [1.82, 2.24) is 15.5 Å². The molecule has 2 aromatic rings. The molecule has 2 heterocycles. The summed E-state index contributed by atoms with van der Waals surface area (Å²) in [5.41, 5.74) is 3.19. The number of benzodiazepines with no additional fused rings is 1. The van der Waals surface area contributed by atoms with Gasteiger partial charge in [-0.05, 0) is 57.1 Å². The highest BCUT2D eigenvalue weighted by molar-refractivity contribution is 7.80.